The van der Waals surface area contributed by atoms with Gasteiger partial charge >= 0.3 is 6.03 Å². The van der Waals surface area contributed by atoms with Crippen molar-refractivity contribution in [2.75, 3.05) is 21.1 Å². The Morgan fingerprint density at radius 1 is 1.24 bits per heavy atom. The molecule has 0 aliphatic carbocycles. The number of carbonyl (C=O) groups is 3. The predicted molar refractivity (Wildman–Crippen MR) is 92.9 cm³/mol. The first kappa shape index (κ1) is 19.0. The molecule has 8 heteroatoms. The Hall–Kier alpha value is -2.38. The Morgan fingerprint density at radius 3 is 2.28 bits per heavy atom. The number of carbonyl (C=O) groups excluding carboxylic acids is 3. The summed E-state index contributed by atoms with van der Waals surface area (Å²) in [7, 11) is 4.68. The monoisotopic (exact) mass is 349 g/mol. The molecule has 25 heavy (non-hydrogen) atoms. The van der Waals surface area contributed by atoms with Crippen molar-refractivity contribution >= 4 is 17.8 Å². The normalized spacial score (nSPS) is 17.8. The molecule has 138 valence electrons. The first-order chi connectivity index (χ1) is 11.6. The highest BCUT2D eigenvalue weighted by molar-refractivity contribution is 6.05. The number of imide groups is 1. The average molecular weight is 349 g/mol. The van der Waals surface area contributed by atoms with Crippen molar-refractivity contribution in [1.82, 2.24) is 24.5 Å². The summed E-state index contributed by atoms with van der Waals surface area (Å²) < 4.78 is 1.95. The van der Waals surface area contributed by atoms with E-state index in [9.17, 15) is 14.4 Å². The minimum absolute atomic E-state index is 0.0155. The molecule has 1 aliphatic rings. The fourth-order valence-corrected chi connectivity index (χ4v) is 3.15. The van der Waals surface area contributed by atoms with Gasteiger partial charge in [0.25, 0.3) is 5.91 Å². The van der Waals surface area contributed by atoms with Crippen molar-refractivity contribution < 1.29 is 14.4 Å². The summed E-state index contributed by atoms with van der Waals surface area (Å²) in [6.45, 7) is 8.48. The Morgan fingerprint density at radius 2 is 1.84 bits per heavy atom. The molecule has 0 spiro atoms. The molecule has 8 nitrogen and oxygen atoms in total. The first-order valence-corrected chi connectivity index (χ1v) is 8.39. The third kappa shape index (κ3) is 3.38. The van der Waals surface area contributed by atoms with E-state index in [1.54, 1.807) is 19.0 Å². The molecule has 1 aromatic heterocycles. The molecule has 1 saturated heterocycles. The lowest BCUT2D eigenvalue weighted by Crippen LogP contribution is -2.38. The van der Waals surface area contributed by atoms with Gasteiger partial charge in [-0.25, -0.2) is 4.79 Å². The van der Waals surface area contributed by atoms with Crippen LogP contribution in [0.25, 0.3) is 0 Å². The van der Waals surface area contributed by atoms with Crippen LogP contribution < -0.4 is 0 Å². The van der Waals surface area contributed by atoms with Crippen molar-refractivity contribution in [1.29, 1.82) is 0 Å². The van der Waals surface area contributed by atoms with Crippen LogP contribution in [0.4, 0.5) is 4.79 Å². The van der Waals surface area contributed by atoms with E-state index in [4.69, 9.17) is 0 Å². The second kappa shape index (κ2) is 6.85. The van der Waals surface area contributed by atoms with E-state index >= 15 is 0 Å². The Labute approximate surface area is 148 Å². The summed E-state index contributed by atoms with van der Waals surface area (Å²) in [5.74, 6) is -0.515. The number of amides is 4. The molecule has 1 aromatic rings. The molecule has 0 saturated carbocycles. The summed E-state index contributed by atoms with van der Waals surface area (Å²) in [6, 6.07) is -0.858. The highest BCUT2D eigenvalue weighted by Gasteiger charge is 2.42. The van der Waals surface area contributed by atoms with Gasteiger partial charge in [0.1, 0.15) is 6.04 Å². The van der Waals surface area contributed by atoms with Crippen molar-refractivity contribution in [2.24, 2.45) is 0 Å². The van der Waals surface area contributed by atoms with Gasteiger partial charge in [0.05, 0.1) is 12.1 Å². The Kier molecular flexibility index (Phi) is 5.20. The van der Waals surface area contributed by atoms with Gasteiger partial charge in [0.2, 0.25) is 5.91 Å². The number of likely N-dealkylation sites (N-methyl/N-ethyl adjacent to an activating group) is 2. The topological polar surface area (TPSA) is 78.8 Å². The van der Waals surface area contributed by atoms with E-state index in [2.05, 4.69) is 18.9 Å². The van der Waals surface area contributed by atoms with Gasteiger partial charge < -0.3 is 9.80 Å². The standard InChI is InChI=1S/C17H27N5O3/c1-10(2)22-12(4)13(11(3)18-22)9-19(5)15(23)8-14-16(24)21(7)17(25)20(14)6/h10,14H,8-9H2,1-7H3/t14-/m1/s1. The van der Waals surface area contributed by atoms with Crippen LogP contribution in [-0.2, 0) is 16.1 Å². The van der Waals surface area contributed by atoms with Crippen LogP contribution in [0, 0.1) is 13.8 Å². The SMILES string of the molecule is Cc1nn(C(C)C)c(C)c1CN(C)C(=O)C[C@@H]1C(=O)N(C)C(=O)N1C. The maximum absolute atomic E-state index is 12.6. The first-order valence-electron chi connectivity index (χ1n) is 8.39. The molecule has 2 heterocycles. The number of hydrogen-bond donors (Lipinski definition) is 0. The third-order valence-electron chi connectivity index (χ3n) is 4.82. The highest BCUT2D eigenvalue weighted by Crippen LogP contribution is 2.21. The maximum atomic E-state index is 12.6. The Balaban J connectivity index is 2.09. The number of hydrogen-bond acceptors (Lipinski definition) is 4. The molecule has 0 unspecified atom stereocenters. The van der Waals surface area contributed by atoms with Crippen LogP contribution in [0.3, 0.4) is 0 Å². The van der Waals surface area contributed by atoms with Gasteiger partial charge in [0.15, 0.2) is 0 Å². The van der Waals surface area contributed by atoms with Crippen LogP contribution in [0.1, 0.15) is 43.3 Å². The molecule has 1 aliphatic heterocycles. The van der Waals surface area contributed by atoms with Crippen molar-refractivity contribution in [3.05, 3.63) is 17.0 Å². The quantitative estimate of drug-likeness (QED) is 0.751. The van der Waals surface area contributed by atoms with E-state index in [1.165, 1.54) is 11.9 Å². The maximum Gasteiger partial charge on any atom is 0.326 e. The lowest BCUT2D eigenvalue weighted by Gasteiger charge is -2.21. The van der Waals surface area contributed by atoms with E-state index in [0.717, 1.165) is 21.9 Å². The number of rotatable bonds is 5. The van der Waals surface area contributed by atoms with Gasteiger partial charge in [-0.05, 0) is 27.7 Å². The zero-order chi connectivity index (χ0) is 19.0. The zero-order valence-electron chi connectivity index (χ0n) is 16.0. The van der Waals surface area contributed by atoms with Gasteiger partial charge in [0, 0.05) is 45.0 Å². The molecule has 4 amide bonds. The lowest BCUT2D eigenvalue weighted by molar-refractivity contribution is -0.135. The molecular formula is C17H27N5O3. The second-order valence-corrected chi connectivity index (χ2v) is 6.95. The molecule has 1 fully saturated rings. The zero-order valence-corrected chi connectivity index (χ0v) is 16.0. The summed E-state index contributed by atoms with van der Waals surface area (Å²) in [5.41, 5.74) is 2.95. The lowest BCUT2D eigenvalue weighted by atomic mass is 10.1. The van der Waals surface area contributed by atoms with E-state index in [-0.39, 0.29) is 30.3 Å². The van der Waals surface area contributed by atoms with E-state index in [0.29, 0.717) is 6.54 Å². The summed E-state index contributed by atoms with van der Waals surface area (Å²) in [5, 5.41) is 4.53. The fraction of sp³-hybridized carbons (Fsp3) is 0.647. The Bertz CT molecular complexity index is 709. The molecule has 0 aromatic carbocycles. The molecule has 0 bridgehead atoms. The van der Waals surface area contributed by atoms with Crippen molar-refractivity contribution in [3.63, 3.8) is 0 Å². The fourth-order valence-electron chi connectivity index (χ4n) is 3.15. The molecular weight excluding hydrogens is 322 g/mol. The molecule has 2 rings (SSSR count). The van der Waals surface area contributed by atoms with E-state index in [1.807, 2.05) is 18.5 Å². The molecule has 1 atom stereocenters. The van der Waals surface area contributed by atoms with Crippen molar-refractivity contribution in [2.45, 2.75) is 52.7 Å². The average Bonchev–Trinajstić information content (AvgIpc) is 2.93. The second-order valence-electron chi connectivity index (χ2n) is 6.95. The summed E-state index contributed by atoms with van der Waals surface area (Å²) in [6.07, 6.45) is -0.0155. The largest absolute Gasteiger partial charge is 0.341 e. The highest BCUT2D eigenvalue weighted by atomic mass is 16.2. The van der Waals surface area contributed by atoms with E-state index < -0.39 is 6.04 Å². The minimum atomic E-state index is -0.729. The van der Waals surface area contributed by atoms with Crippen molar-refractivity contribution in [3.8, 4) is 0 Å². The summed E-state index contributed by atoms with van der Waals surface area (Å²) in [4.78, 5) is 40.5. The number of urea groups is 1. The number of aromatic nitrogens is 2. The minimum Gasteiger partial charge on any atom is -0.341 e. The van der Waals surface area contributed by atoms with Gasteiger partial charge in [-0.15, -0.1) is 0 Å². The van der Waals surface area contributed by atoms with Gasteiger partial charge in [-0.1, -0.05) is 0 Å². The smallest absolute Gasteiger partial charge is 0.326 e. The third-order valence-corrected chi connectivity index (χ3v) is 4.82. The van der Waals surface area contributed by atoms with Gasteiger partial charge in [-0.2, -0.15) is 5.10 Å². The van der Waals surface area contributed by atoms with Crippen LogP contribution in [0.2, 0.25) is 0 Å². The predicted octanol–water partition coefficient (Wildman–Crippen LogP) is 1.32. The summed E-state index contributed by atoms with van der Waals surface area (Å²) >= 11 is 0. The number of nitrogens with zero attached hydrogens (tertiary/aromatic N) is 5. The number of aryl methyl sites for hydroxylation is 1. The van der Waals surface area contributed by atoms with Crippen LogP contribution >= 0.6 is 0 Å². The van der Waals surface area contributed by atoms with Crippen LogP contribution in [-0.4, -0.2) is 69.5 Å². The van der Waals surface area contributed by atoms with Gasteiger partial charge in [-0.3, -0.25) is 19.2 Å². The van der Waals surface area contributed by atoms with Crippen LogP contribution in [0.15, 0.2) is 0 Å². The van der Waals surface area contributed by atoms with Crippen LogP contribution in [0.5, 0.6) is 0 Å². The molecule has 0 N–H and O–H groups in total. The molecule has 0 radical (unpaired) electrons.